The zero-order chi connectivity index (χ0) is 25.8. The number of carbonyl (C=O) groups excluding carboxylic acids is 1. The number of fused-ring (bicyclic) bond motifs is 1. The number of carbonyl (C=O) groups is 1. The highest BCUT2D eigenvalue weighted by atomic mass is 16.5. The maximum Gasteiger partial charge on any atom is 0.244 e. The first-order valence-corrected chi connectivity index (χ1v) is 12.8. The number of anilines is 1. The van der Waals surface area contributed by atoms with E-state index >= 15 is 0 Å². The summed E-state index contributed by atoms with van der Waals surface area (Å²) in [6.45, 7) is 8.52. The minimum absolute atomic E-state index is 0.0115. The van der Waals surface area contributed by atoms with Gasteiger partial charge in [0.15, 0.2) is 0 Å². The number of nitrogens with one attached hydrogen (secondary N) is 1. The number of hydrogen-bond acceptors (Lipinski definition) is 6. The summed E-state index contributed by atoms with van der Waals surface area (Å²) in [4.78, 5) is 16.4. The third-order valence-electron chi connectivity index (χ3n) is 6.94. The van der Waals surface area contributed by atoms with Crippen molar-refractivity contribution in [1.29, 1.82) is 0 Å². The average molecular weight is 503 g/mol. The predicted molar refractivity (Wildman–Crippen MR) is 143 cm³/mol. The Morgan fingerprint density at radius 3 is 2.43 bits per heavy atom. The van der Waals surface area contributed by atoms with E-state index in [1.54, 1.807) is 7.11 Å². The van der Waals surface area contributed by atoms with Crippen LogP contribution in [0.3, 0.4) is 0 Å². The summed E-state index contributed by atoms with van der Waals surface area (Å²) < 4.78 is 23.4. The molecule has 0 radical (unpaired) electrons. The topological polar surface area (TPSA) is 69.3 Å². The van der Waals surface area contributed by atoms with Crippen LogP contribution in [0.2, 0.25) is 0 Å². The van der Waals surface area contributed by atoms with E-state index < -0.39 is 5.41 Å². The number of nitrogens with zero attached hydrogens (tertiary/aromatic N) is 1. The van der Waals surface area contributed by atoms with Gasteiger partial charge in [-0.3, -0.25) is 9.69 Å². The van der Waals surface area contributed by atoms with Gasteiger partial charge in [-0.15, -0.1) is 0 Å². The van der Waals surface area contributed by atoms with Crippen molar-refractivity contribution in [3.05, 3.63) is 83.4 Å². The van der Waals surface area contributed by atoms with Crippen molar-refractivity contribution >= 4 is 11.6 Å². The number of rotatable bonds is 9. The molecule has 37 heavy (non-hydrogen) atoms. The standard InChI is InChI=1S/C30H34N2O5/c1-21(2)37-24-12-13-28(36-19-16-32-14-17-35-18-15-32)26(20-24)30(22-8-10-23(34-3)11-9-22)25-6-4-5-7-27(25)31-29(30)33/h4-13,20-21H,14-19H2,1-3H3,(H,31,33). The molecule has 1 unspecified atom stereocenters. The monoisotopic (exact) mass is 502 g/mol. The van der Waals surface area contributed by atoms with Gasteiger partial charge in [0.05, 0.1) is 26.4 Å². The summed E-state index contributed by atoms with van der Waals surface area (Å²) >= 11 is 0. The van der Waals surface area contributed by atoms with Gasteiger partial charge in [0.2, 0.25) is 5.91 Å². The molecule has 2 aliphatic heterocycles. The molecule has 2 heterocycles. The third kappa shape index (κ3) is 4.89. The van der Waals surface area contributed by atoms with Crippen LogP contribution in [0.4, 0.5) is 5.69 Å². The molecular formula is C30H34N2O5. The second-order valence-electron chi connectivity index (χ2n) is 9.61. The van der Waals surface area contributed by atoms with Gasteiger partial charge in [0.25, 0.3) is 0 Å². The number of morpholine rings is 1. The molecule has 0 saturated carbocycles. The molecule has 7 heteroatoms. The highest BCUT2D eigenvalue weighted by Gasteiger charge is 2.51. The number of ether oxygens (including phenoxy) is 4. The van der Waals surface area contributed by atoms with E-state index in [0.29, 0.717) is 18.1 Å². The Labute approximate surface area is 218 Å². The Kier molecular flexibility index (Phi) is 7.35. The number of benzene rings is 3. The lowest BCUT2D eigenvalue weighted by Crippen LogP contribution is -2.39. The Balaban J connectivity index is 1.63. The zero-order valence-electron chi connectivity index (χ0n) is 21.7. The molecule has 0 bridgehead atoms. The lowest BCUT2D eigenvalue weighted by atomic mass is 9.69. The molecule has 0 aromatic heterocycles. The molecule has 194 valence electrons. The highest BCUT2D eigenvalue weighted by molar-refractivity contribution is 6.11. The van der Waals surface area contributed by atoms with Crippen molar-refractivity contribution in [1.82, 2.24) is 4.90 Å². The third-order valence-corrected chi connectivity index (χ3v) is 6.94. The largest absolute Gasteiger partial charge is 0.497 e. The maximum atomic E-state index is 14.1. The van der Waals surface area contributed by atoms with Crippen LogP contribution in [0.5, 0.6) is 17.2 Å². The molecule has 3 aromatic carbocycles. The molecule has 0 spiro atoms. The lowest BCUT2D eigenvalue weighted by Gasteiger charge is -2.32. The lowest BCUT2D eigenvalue weighted by molar-refractivity contribution is -0.118. The fourth-order valence-corrected chi connectivity index (χ4v) is 5.19. The molecule has 1 amide bonds. The summed E-state index contributed by atoms with van der Waals surface area (Å²) in [5.41, 5.74) is 2.13. The van der Waals surface area contributed by atoms with Crippen LogP contribution >= 0.6 is 0 Å². The zero-order valence-corrected chi connectivity index (χ0v) is 21.7. The van der Waals surface area contributed by atoms with Crippen molar-refractivity contribution < 1.29 is 23.7 Å². The van der Waals surface area contributed by atoms with Gasteiger partial charge in [-0.1, -0.05) is 30.3 Å². The first-order chi connectivity index (χ1) is 18.0. The number of hydrogen-bond donors (Lipinski definition) is 1. The molecule has 3 aromatic rings. The van der Waals surface area contributed by atoms with Crippen LogP contribution in [-0.4, -0.2) is 63.5 Å². The van der Waals surface area contributed by atoms with E-state index in [1.807, 2.05) is 80.6 Å². The molecule has 2 aliphatic rings. The molecular weight excluding hydrogens is 468 g/mol. The Bertz CT molecular complexity index is 1240. The average Bonchev–Trinajstić information content (AvgIpc) is 3.22. The summed E-state index contributed by atoms with van der Waals surface area (Å²) in [5.74, 6) is 1.95. The van der Waals surface area contributed by atoms with Crippen LogP contribution in [0.15, 0.2) is 66.7 Å². The van der Waals surface area contributed by atoms with Crippen molar-refractivity contribution in [2.24, 2.45) is 0 Å². The summed E-state index contributed by atoms with van der Waals surface area (Å²) in [5, 5.41) is 3.12. The van der Waals surface area contributed by atoms with Crippen LogP contribution < -0.4 is 19.5 Å². The van der Waals surface area contributed by atoms with Gasteiger partial charge in [0, 0.05) is 36.4 Å². The van der Waals surface area contributed by atoms with E-state index in [0.717, 1.165) is 61.0 Å². The quantitative estimate of drug-likeness (QED) is 0.465. The molecule has 7 nitrogen and oxygen atoms in total. The minimum atomic E-state index is -1.12. The summed E-state index contributed by atoms with van der Waals surface area (Å²) in [6.07, 6.45) is -0.0115. The fourth-order valence-electron chi connectivity index (χ4n) is 5.19. The van der Waals surface area contributed by atoms with Gasteiger partial charge in [0.1, 0.15) is 29.3 Å². The smallest absolute Gasteiger partial charge is 0.244 e. The first kappa shape index (κ1) is 25.1. The molecule has 1 fully saturated rings. The van der Waals surface area contributed by atoms with Gasteiger partial charge < -0.3 is 24.3 Å². The molecule has 5 rings (SSSR count). The Morgan fingerprint density at radius 2 is 1.70 bits per heavy atom. The van der Waals surface area contributed by atoms with Crippen molar-refractivity contribution in [3.8, 4) is 17.2 Å². The van der Waals surface area contributed by atoms with Crippen LogP contribution in [0, 0.1) is 0 Å². The molecule has 1 atom stereocenters. The van der Waals surface area contributed by atoms with E-state index in [2.05, 4.69) is 10.2 Å². The van der Waals surface area contributed by atoms with Crippen molar-refractivity contribution in [2.45, 2.75) is 25.4 Å². The van der Waals surface area contributed by atoms with E-state index in [1.165, 1.54) is 0 Å². The predicted octanol–water partition coefficient (Wildman–Crippen LogP) is 4.48. The van der Waals surface area contributed by atoms with E-state index in [-0.39, 0.29) is 12.0 Å². The van der Waals surface area contributed by atoms with E-state index in [9.17, 15) is 4.79 Å². The van der Waals surface area contributed by atoms with Gasteiger partial charge in [-0.25, -0.2) is 0 Å². The second-order valence-corrected chi connectivity index (χ2v) is 9.61. The van der Waals surface area contributed by atoms with E-state index in [4.69, 9.17) is 18.9 Å². The summed E-state index contributed by atoms with van der Waals surface area (Å²) in [7, 11) is 1.63. The molecule has 1 saturated heterocycles. The number of amides is 1. The Morgan fingerprint density at radius 1 is 0.973 bits per heavy atom. The van der Waals surface area contributed by atoms with Gasteiger partial charge >= 0.3 is 0 Å². The minimum Gasteiger partial charge on any atom is -0.497 e. The molecule has 1 N–H and O–H groups in total. The first-order valence-electron chi connectivity index (χ1n) is 12.8. The Hall–Kier alpha value is -3.55. The van der Waals surface area contributed by atoms with Crippen LogP contribution in [0.25, 0.3) is 0 Å². The van der Waals surface area contributed by atoms with Crippen molar-refractivity contribution in [2.75, 3.05) is 51.9 Å². The van der Waals surface area contributed by atoms with Crippen LogP contribution in [0.1, 0.15) is 30.5 Å². The molecule has 0 aliphatic carbocycles. The fraction of sp³-hybridized carbons (Fsp3) is 0.367. The van der Waals surface area contributed by atoms with Crippen LogP contribution in [-0.2, 0) is 14.9 Å². The summed E-state index contributed by atoms with van der Waals surface area (Å²) in [6, 6.07) is 21.3. The normalized spacial score (nSPS) is 19.4. The van der Waals surface area contributed by atoms with Gasteiger partial charge in [-0.05, 0) is 55.8 Å². The van der Waals surface area contributed by atoms with Gasteiger partial charge in [-0.2, -0.15) is 0 Å². The number of para-hydroxylation sites is 1. The number of methoxy groups -OCH3 is 1. The van der Waals surface area contributed by atoms with Crippen molar-refractivity contribution in [3.63, 3.8) is 0 Å². The maximum absolute atomic E-state index is 14.1. The SMILES string of the molecule is COc1ccc(C2(c3cc(OC(C)C)ccc3OCCN3CCOCC3)C(=O)Nc3ccccc32)cc1. The highest BCUT2D eigenvalue weighted by Crippen LogP contribution is 2.51. The second kappa shape index (κ2) is 10.8.